The molecular weight excluding hydrogens is 376 g/mol. The first-order valence-electron chi connectivity index (χ1n) is 9.20. The van der Waals surface area contributed by atoms with Crippen LogP contribution in [-0.2, 0) is 16.0 Å². The van der Waals surface area contributed by atoms with Crippen molar-refractivity contribution < 1.29 is 9.59 Å². The molecule has 0 fully saturated rings. The van der Waals surface area contributed by atoms with Crippen molar-refractivity contribution in [3.05, 3.63) is 59.1 Å². The van der Waals surface area contributed by atoms with Gasteiger partial charge in [-0.2, -0.15) is 0 Å². The fourth-order valence-electron chi connectivity index (χ4n) is 2.98. The van der Waals surface area contributed by atoms with Gasteiger partial charge in [-0.25, -0.2) is 4.98 Å². The van der Waals surface area contributed by atoms with Crippen LogP contribution in [-0.4, -0.2) is 27.8 Å². The molecule has 146 valence electrons. The standard InChI is InChI=1S/C21H23ClN4O2/c1-13(2)11-18(23-19(27)12-14-7-3-4-8-15(14)22)20(28)26-21-24-16-9-5-6-10-17(16)25-21/h3-10,13,18H,11-12H2,1-2H3,(H,23,27)(H2,24,25,26,28)/t18-/m1/s1. The number of rotatable bonds is 7. The number of fused-ring (bicyclic) bond motifs is 1. The Bertz CT molecular complexity index is 950. The number of nitrogens with zero attached hydrogens (tertiary/aromatic N) is 1. The molecule has 3 rings (SSSR count). The van der Waals surface area contributed by atoms with E-state index in [-0.39, 0.29) is 24.2 Å². The van der Waals surface area contributed by atoms with E-state index >= 15 is 0 Å². The lowest BCUT2D eigenvalue weighted by Gasteiger charge is -2.19. The second-order valence-corrected chi connectivity index (χ2v) is 7.52. The van der Waals surface area contributed by atoms with Gasteiger partial charge in [0.25, 0.3) is 0 Å². The number of H-pyrrole nitrogens is 1. The Morgan fingerprint density at radius 1 is 1.11 bits per heavy atom. The van der Waals surface area contributed by atoms with Gasteiger partial charge >= 0.3 is 0 Å². The van der Waals surface area contributed by atoms with Crippen LogP contribution in [0.25, 0.3) is 11.0 Å². The molecule has 1 heterocycles. The molecule has 1 aromatic heterocycles. The normalized spacial score (nSPS) is 12.1. The molecule has 0 aliphatic heterocycles. The molecule has 0 aliphatic carbocycles. The second kappa shape index (κ2) is 8.89. The molecule has 6 nitrogen and oxygen atoms in total. The third-order valence-corrected chi connectivity index (χ3v) is 4.67. The number of benzene rings is 2. The Hall–Kier alpha value is -2.86. The zero-order chi connectivity index (χ0) is 20.1. The van der Waals surface area contributed by atoms with Crippen molar-refractivity contribution in [1.29, 1.82) is 0 Å². The summed E-state index contributed by atoms with van der Waals surface area (Å²) in [5.41, 5.74) is 2.32. The van der Waals surface area contributed by atoms with Crippen molar-refractivity contribution >= 4 is 40.4 Å². The Balaban J connectivity index is 1.68. The summed E-state index contributed by atoms with van der Waals surface area (Å²) in [6.07, 6.45) is 0.631. The highest BCUT2D eigenvalue weighted by Gasteiger charge is 2.23. The van der Waals surface area contributed by atoms with Crippen LogP contribution in [0.4, 0.5) is 5.95 Å². The van der Waals surface area contributed by atoms with Gasteiger partial charge in [-0.05, 0) is 36.1 Å². The summed E-state index contributed by atoms with van der Waals surface area (Å²) in [5, 5.41) is 6.13. The molecule has 3 N–H and O–H groups in total. The zero-order valence-corrected chi connectivity index (χ0v) is 16.6. The van der Waals surface area contributed by atoms with Crippen LogP contribution in [0.5, 0.6) is 0 Å². The number of hydrogen-bond donors (Lipinski definition) is 3. The minimum absolute atomic E-state index is 0.117. The van der Waals surface area contributed by atoms with Gasteiger partial charge in [0.15, 0.2) is 0 Å². The predicted molar refractivity (Wildman–Crippen MR) is 111 cm³/mol. The summed E-state index contributed by atoms with van der Waals surface area (Å²) >= 11 is 6.13. The summed E-state index contributed by atoms with van der Waals surface area (Å²) in [4.78, 5) is 32.7. The molecular formula is C21H23ClN4O2. The van der Waals surface area contributed by atoms with Crippen LogP contribution < -0.4 is 10.6 Å². The largest absolute Gasteiger partial charge is 0.344 e. The smallest absolute Gasteiger partial charge is 0.249 e. The number of amides is 2. The van der Waals surface area contributed by atoms with Gasteiger partial charge in [0.05, 0.1) is 17.5 Å². The minimum Gasteiger partial charge on any atom is -0.344 e. The van der Waals surface area contributed by atoms with Gasteiger partial charge in [-0.3, -0.25) is 14.9 Å². The van der Waals surface area contributed by atoms with Gasteiger partial charge in [-0.15, -0.1) is 0 Å². The first kappa shape index (κ1) is 19.9. The zero-order valence-electron chi connectivity index (χ0n) is 15.8. The van der Waals surface area contributed by atoms with Crippen LogP contribution in [0.3, 0.4) is 0 Å². The van der Waals surface area contributed by atoms with Crippen molar-refractivity contribution in [2.24, 2.45) is 5.92 Å². The summed E-state index contributed by atoms with van der Waals surface area (Å²) in [6, 6.07) is 14.0. The van der Waals surface area contributed by atoms with E-state index in [1.165, 1.54) is 0 Å². The number of aromatic nitrogens is 2. The molecule has 3 aromatic rings. The van der Waals surface area contributed by atoms with Gasteiger partial charge in [-0.1, -0.05) is 55.8 Å². The van der Waals surface area contributed by atoms with Crippen LogP contribution in [0.15, 0.2) is 48.5 Å². The van der Waals surface area contributed by atoms with Crippen LogP contribution in [0.1, 0.15) is 25.8 Å². The molecule has 28 heavy (non-hydrogen) atoms. The van der Waals surface area contributed by atoms with E-state index in [0.717, 1.165) is 16.6 Å². The number of nitrogens with one attached hydrogen (secondary N) is 3. The number of halogens is 1. The Morgan fingerprint density at radius 3 is 2.54 bits per heavy atom. The molecule has 2 aromatic carbocycles. The summed E-state index contributed by atoms with van der Waals surface area (Å²) in [7, 11) is 0. The number of carbonyl (C=O) groups is 2. The highest BCUT2D eigenvalue weighted by atomic mass is 35.5. The van der Waals surface area contributed by atoms with Crippen LogP contribution in [0.2, 0.25) is 5.02 Å². The number of anilines is 1. The number of carbonyl (C=O) groups excluding carboxylic acids is 2. The molecule has 0 spiro atoms. The molecule has 0 bridgehead atoms. The summed E-state index contributed by atoms with van der Waals surface area (Å²) < 4.78 is 0. The monoisotopic (exact) mass is 398 g/mol. The highest BCUT2D eigenvalue weighted by Crippen LogP contribution is 2.17. The molecule has 2 amide bonds. The second-order valence-electron chi connectivity index (χ2n) is 7.11. The molecule has 7 heteroatoms. The molecule has 0 radical (unpaired) electrons. The topological polar surface area (TPSA) is 86.9 Å². The highest BCUT2D eigenvalue weighted by molar-refractivity contribution is 6.31. The van der Waals surface area contributed by atoms with E-state index in [9.17, 15) is 9.59 Å². The number of imidazole rings is 1. The first-order valence-corrected chi connectivity index (χ1v) is 9.58. The van der Waals surface area contributed by atoms with Gasteiger partial charge in [0.1, 0.15) is 6.04 Å². The molecule has 0 saturated carbocycles. The van der Waals surface area contributed by atoms with Crippen molar-refractivity contribution in [2.45, 2.75) is 32.7 Å². The third kappa shape index (κ3) is 5.10. The minimum atomic E-state index is -0.664. The Kier molecular flexibility index (Phi) is 6.31. The quantitative estimate of drug-likeness (QED) is 0.563. The van der Waals surface area contributed by atoms with Crippen molar-refractivity contribution in [2.75, 3.05) is 5.32 Å². The van der Waals surface area contributed by atoms with E-state index in [1.54, 1.807) is 12.1 Å². The van der Waals surface area contributed by atoms with E-state index in [0.29, 0.717) is 17.4 Å². The number of aromatic amines is 1. The van der Waals surface area contributed by atoms with E-state index in [1.807, 2.05) is 50.2 Å². The van der Waals surface area contributed by atoms with E-state index in [4.69, 9.17) is 11.6 Å². The van der Waals surface area contributed by atoms with Crippen LogP contribution >= 0.6 is 11.6 Å². The van der Waals surface area contributed by atoms with E-state index < -0.39 is 6.04 Å². The Labute approximate surface area is 168 Å². The van der Waals surface area contributed by atoms with Crippen molar-refractivity contribution in [1.82, 2.24) is 15.3 Å². The van der Waals surface area contributed by atoms with Gasteiger partial charge in [0, 0.05) is 5.02 Å². The maximum Gasteiger partial charge on any atom is 0.249 e. The van der Waals surface area contributed by atoms with E-state index in [2.05, 4.69) is 20.6 Å². The van der Waals surface area contributed by atoms with Crippen LogP contribution in [0, 0.1) is 5.92 Å². The molecule has 0 saturated heterocycles. The van der Waals surface area contributed by atoms with Crippen molar-refractivity contribution in [3.8, 4) is 0 Å². The maximum atomic E-state index is 12.8. The fourth-order valence-corrected chi connectivity index (χ4v) is 3.18. The molecule has 0 aliphatic rings. The van der Waals surface area contributed by atoms with Gasteiger partial charge in [0.2, 0.25) is 17.8 Å². The van der Waals surface area contributed by atoms with Crippen molar-refractivity contribution in [3.63, 3.8) is 0 Å². The Morgan fingerprint density at radius 2 is 1.82 bits per heavy atom. The SMILES string of the molecule is CC(C)C[C@@H](NC(=O)Cc1ccccc1Cl)C(=O)Nc1nc2ccccc2[nH]1. The lowest BCUT2D eigenvalue weighted by molar-refractivity contribution is -0.126. The predicted octanol–water partition coefficient (Wildman–Crippen LogP) is 3.93. The maximum absolute atomic E-state index is 12.8. The summed E-state index contributed by atoms with van der Waals surface area (Å²) in [6.45, 7) is 4.00. The first-order chi connectivity index (χ1) is 13.4. The molecule has 1 atom stereocenters. The number of hydrogen-bond acceptors (Lipinski definition) is 3. The average molecular weight is 399 g/mol. The van der Waals surface area contributed by atoms with Gasteiger partial charge < -0.3 is 10.3 Å². The lowest BCUT2D eigenvalue weighted by atomic mass is 10.0. The number of para-hydroxylation sites is 2. The lowest BCUT2D eigenvalue weighted by Crippen LogP contribution is -2.45. The average Bonchev–Trinajstić information content (AvgIpc) is 3.05. The fraction of sp³-hybridized carbons (Fsp3) is 0.286. The summed E-state index contributed by atoms with van der Waals surface area (Å²) in [5.74, 6) is 0.0334. The third-order valence-electron chi connectivity index (χ3n) is 4.30. The molecule has 0 unspecified atom stereocenters.